The molecule has 0 aromatic heterocycles. The lowest BCUT2D eigenvalue weighted by Gasteiger charge is -2.25. The van der Waals surface area contributed by atoms with Gasteiger partial charge in [-0.05, 0) is 25.3 Å². The van der Waals surface area contributed by atoms with Gasteiger partial charge >= 0.3 is 5.97 Å². The molecular weight excluding hydrogens is 216 g/mol. The lowest BCUT2D eigenvalue weighted by atomic mass is 9.75. The Hall–Kier alpha value is -1.35. The van der Waals surface area contributed by atoms with E-state index < -0.39 is 5.97 Å². The van der Waals surface area contributed by atoms with E-state index in [0.29, 0.717) is 0 Å². The van der Waals surface area contributed by atoms with Crippen molar-refractivity contribution in [2.75, 3.05) is 0 Å². The monoisotopic (exact) mass is 232 g/mol. The second-order valence-corrected chi connectivity index (χ2v) is 5.09. The molecule has 2 saturated heterocycles. The van der Waals surface area contributed by atoms with E-state index in [4.69, 9.17) is 4.74 Å². The lowest BCUT2D eigenvalue weighted by Crippen LogP contribution is -2.31. The van der Waals surface area contributed by atoms with Gasteiger partial charge in [0.05, 0.1) is 18.1 Å². The predicted molar refractivity (Wildman–Crippen MR) is 62.9 cm³/mol. The molecule has 0 aliphatic carbocycles. The number of carboxylic acid groups (broad SMARTS) is 1. The average Bonchev–Trinajstić information content (AvgIpc) is 2.88. The van der Waals surface area contributed by atoms with E-state index >= 15 is 0 Å². The minimum absolute atomic E-state index is 0.0335. The van der Waals surface area contributed by atoms with Gasteiger partial charge in [-0.2, -0.15) is 0 Å². The van der Waals surface area contributed by atoms with Crippen molar-refractivity contribution in [1.82, 2.24) is 0 Å². The normalized spacial score (nSPS) is 35.1. The summed E-state index contributed by atoms with van der Waals surface area (Å²) in [6, 6.07) is 8.14. The van der Waals surface area contributed by atoms with Gasteiger partial charge in [0.2, 0.25) is 0 Å². The van der Waals surface area contributed by atoms with Gasteiger partial charge in [-0.3, -0.25) is 4.79 Å². The summed E-state index contributed by atoms with van der Waals surface area (Å²) in [6.45, 7) is 2.04. The van der Waals surface area contributed by atoms with Crippen molar-refractivity contribution in [2.24, 2.45) is 5.92 Å². The van der Waals surface area contributed by atoms with Crippen molar-refractivity contribution < 1.29 is 14.6 Å². The molecule has 1 aromatic rings. The molecule has 0 amide bonds. The highest BCUT2D eigenvalue weighted by Gasteiger charge is 2.52. The maximum atomic E-state index is 11.4. The Morgan fingerprint density at radius 1 is 1.35 bits per heavy atom. The van der Waals surface area contributed by atoms with Crippen LogP contribution in [0.2, 0.25) is 0 Å². The summed E-state index contributed by atoms with van der Waals surface area (Å²) < 4.78 is 5.77. The molecule has 1 aromatic carbocycles. The summed E-state index contributed by atoms with van der Waals surface area (Å²) in [5.41, 5.74) is 2.29. The van der Waals surface area contributed by atoms with E-state index in [1.165, 1.54) is 5.56 Å². The number of aryl methyl sites for hydroxylation is 1. The zero-order valence-electron chi connectivity index (χ0n) is 9.80. The van der Waals surface area contributed by atoms with Crippen molar-refractivity contribution in [1.29, 1.82) is 0 Å². The second-order valence-electron chi connectivity index (χ2n) is 5.09. The molecule has 17 heavy (non-hydrogen) atoms. The van der Waals surface area contributed by atoms with E-state index in [1.807, 2.05) is 25.1 Å². The first kappa shape index (κ1) is 10.8. The zero-order chi connectivity index (χ0) is 12.0. The third-order valence-corrected chi connectivity index (χ3v) is 3.99. The molecule has 2 aliphatic heterocycles. The van der Waals surface area contributed by atoms with E-state index in [-0.39, 0.29) is 24.0 Å². The highest BCUT2D eigenvalue weighted by Crippen LogP contribution is 2.48. The lowest BCUT2D eigenvalue weighted by molar-refractivity contribution is -0.143. The highest BCUT2D eigenvalue weighted by molar-refractivity contribution is 5.73. The van der Waals surface area contributed by atoms with Gasteiger partial charge in [0.15, 0.2) is 0 Å². The number of hydrogen-bond acceptors (Lipinski definition) is 2. The first-order valence-electron chi connectivity index (χ1n) is 6.11. The van der Waals surface area contributed by atoms with E-state index in [1.54, 1.807) is 0 Å². The van der Waals surface area contributed by atoms with Gasteiger partial charge in [-0.1, -0.05) is 29.8 Å². The van der Waals surface area contributed by atoms with Crippen LogP contribution in [0, 0.1) is 12.8 Å². The topological polar surface area (TPSA) is 46.5 Å². The van der Waals surface area contributed by atoms with Gasteiger partial charge in [0, 0.05) is 5.92 Å². The number of benzene rings is 1. The Morgan fingerprint density at radius 2 is 2.12 bits per heavy atom. The summed E-state index contributed by atoms with van der Waals surface area (Å²) in [6.07, 6.45) is 1.91. The first-order chi connectivity index (χ1) is 8.16. The molecule has 3 heteroatoms. The number of carbonyl (C=O) groups is 1. The quantitative estimate of drug-likeness (QED) is 0.851. The molecule has 3 nitrogen and oxygen atoms in total. The molecule has 2 fully saturated rings. The van der Waals surface area contributed by atoms with Crippen molar-refractivity contribution in [3.63, 3.8) is 0 Å². The standard InChI is InChI=1S/C14H16O3/c1-8-3-2-4-9(7-8)12-10-5-6-11(17-10)13(12)14(15)16/h2-4,7,10-13H,5-6H2,1H3,(H,15,16). The Bertz CT molecular complexity index is 455. The summed E-state index contributed by atoms with van der Waals surface area (Å²) in [5, 5.41) is 9.36. The average molecular weight is 232 g/mol. The van der Waals surface area contributed by atoms with Gasteiger partial charge in [0.1, 0.15) is 0 Å². The van der Waals surface area contributed by atoms with Gasteiger partial charge in [-0.25, -0.2) is 0 Å². The van der Waals surface area contributed by atoms with Crippen molar-refractivity contribution >= 4 is 5.97 Å². The van der Waals surface area contributed by atoms with Crippen LogP contribution in [0.1, 0.15) is 29.9 Å². The Kier molecular flexibility index (Phi) is 2.44. The molecular formula is C14H16O3. The number of rotatable bonds is 2. The first-order valence-corrected chi connectivity index (χ1v) is 6.11. The fourth-order valence-electron chi connectivity index (χ4n) is 3.29. The van der Waals surface area contributed by atoms with Crippen LogP contribution in [0.4, 0.5) is 0 Å². The van der Waals surface area contributed by atoms with Gasteiger partial charge in [-0.15, -0.1) is 0 Å². The van der Waals surface area contributed by atoms with Crippen LogP contribution in [-0.4, -0.2) is 23.3 Å². The van der Waals surface area contributed by atoms with Crippen molar-refractivity contribution in [3.8, 4) is 0 Å². The smallest absolute Gasteiger partial charge is 0.309 e. The van der Waals surface area contributed by atoms with Crippen LogP contribution in [0.15, 0.2) is 24.3 Å². The maximum Gasteiger partial charge on any atom is 0.309 e. The molecule has 90 valence electrons. The minimum atomic E-state index is -0.719. The third-order valence-electron chi connectivity index (χ3n) is 3.99. The summed E-state index contributed by atoms with van der Waals surface area (Å²) in [5.74, 6) is -1.05. The molecule has 2 bridgehead atoms. The predicted octanol–water partition coefficient (Wildman–Crippen LogP) is 2.34. The summed E-state index contributed by atoms with van der Waals surface area (Å²) in [4.78, 5) is 11.4. The molecule has 1 N–H and O–H groups in total. The summed E-state index contributed by atoms with van der Waals surface area (Å²) >= 11 is 0. The van der Waals surface area contributed by atoms with Crippen LogP contribution < -0.4 is 0 Å². The van der Waals surface area contributed by atoms with Crippen LogP contribution >= 0.6 is 0 Å². The molecule has 0 spiro atoms. The number of carboxylic acids is 1. The van der Waals surface area contributed by atoms with Crippen LogP contribution in [0.25, 0.3) is 0 Å². The van der Waals surface area contributed by atoms with E-state index in [2.05, 4.69) is 6.07 Å². The second kappa shape index (κ2) is 3.84. The number of aliphatic carboxylic acids is 1. The number of ether oxygens (including phenoxy) is 1. The Morgan fingerprint density at radius 3 is 2.82 bits per heavy atom. The van der Waals surface area contributed by atoms with Crippen molar-refractivity contribution in [2.45, 2.75) is 37.9 Å². The fraction of sp³-hybridized carbons (Fsp3) is 0.500. The fourth-order valence-corrected chi connectivity index (χ4v) is 3.29. The SMILES string of the molecule is Cc1cccc(C2C3CCC(O3)C2C(=O)O)c1. The number of hydrogen-bond donors (Lipinski definition) is 1. The van der Waals surface area contributed by atoms with Gasteiger partial charge < -0.3 is 9.84 Å². The molecule has 4 atom stereocenters. The highest BCUT2D eigenvalue weighted by atomic mass is 16.5. The van der Waals surface area contributed by atoms with Gasteiger partial charge in [0.25, 0.3) is 0 Å². The molecule has 3 rings (SSSR count). The van der Waals surface area contributed by atoms with Crippen LogP contribution in [0.5, 0.6) is 0 Å². The largest absolute Gasteiger partial charge is 0.481 e. The number of fused-ring (bicyclic) bond motifs is 2. The molecule has 0 saturated carbocycles. The minimum Gasteiger partial charge on any atom is -0.481 e. The summed E-state index contributed by atoms with van der Waals surface area (Å²) in [7, 11) is 0. The molecule has 2 heterocycles. The Balaban J connectivity index is 1.98. The maximum absolute atomic E-state index is 11.4. The Labute approximate surface area is 100 Å². The molecule has 0 radical (unpaired) electrons. The van der Waals surface area contributed by atoms with E-state index in [9.17, 15) is 9.90 Å². The third kappa shape index (κ3) is 1.65. The van der Waals surface area contributed by atoms with Crippen LogP contribution in [-0.2, 0) is 9.53 Å². The molecule has 2 aliphatic rings. The molecule has 4 unspecified atom stereocenters. The van der Waals surface area contributed by atoms with Crippen LogP contribution in [0.3, 0.4) is 0 Å². The zero-order valence-corrected chi connectivity index (χ0v) is 9.80. The van der Waals surface area contributed by atoms with Crippen molar-refractivity contribution in [3.05, 3.63) is 35.4 Å². The van der Waals surface area contributed by atoms with E-state index in [0.717, 1.165) is 18.4 Å².